The second kappa shape index (κ2) is 41.9. The van der Waals surface area contributed by atoms with E-state index in [0.717, 1.165) is 38.5 Å². The van der Waals surface area contributed by atoms with Crippen molar-refractivity contribution in [1.82, 2.24) is 0 Å². The number of aliphatic carboxylic acids is 1. The number of nitrogens with two attached hydrogens (primary N) is 1. The molecule has 0 aliphatic carbocycles. The van der Waals surface area contributed by atoms with Crippen LogP contribution >= 0.6 is 7.82 Å². The van der Waals surface area contributed by atoms with E-state index in [-0.39, 0.29) is 19.4 Å². The fraction of sp³-hybridized carbons (Fsp3) is 0.891. The van der Waals surface area contributed by atoms with Crippen molar-refractivity contribution in [2.75, 3.05) is 19.8 Å². The fourth-order valence-electron chi connectivity index (χ4n) is 6.77. The normalized spacial score (nSPS) is 13.7. The lowest BCUT2D eigenvalue weighted by atomic mass is 10.0. The molecule has 0 saturated heterocycles. The maximum absolute atomic E-state index is 12.6. The number of allylic oxidation sites excluding steroid dienone is 2. The van der Waals surface area contributed by atoms with E-state index in [4.69, 9.17) is 24.8 Å². The molecule has 0 heterocycles. The van der Waals surface area contributed by atoms with Gasteiger partial charge in [0, 0.05) is 12.8 Å². The van der Waals surface area contributed by atoms with Gasteiger partial charge in [-0.25, -0.2) is 4.57 Å². The quantitative estimate of drug-likeness (QED) is 0.0230. The first-order valence-corrected chi connectivity index (χ1v) is 25.2. The highest BCUT2D eigenvalue weighted by atomic mass is 31.2. The summed E-state index contributed by atoms with van der Waals surface area (Å²) in [5.41, 5.74) is 5.34. The number of phosphoric acid groups is 1. The molecule has 0 fully saturated rings. The van der Waals surface area contributed by atoms with Crippen LogP contribution in [0.4, 0.5) is 0 Å². The van der Waals surface area contributed by atoms with Gasteiger partial charge in [0.15, 0.2) is 6.10 Å². The molecule has 0 radical (unpaired) electrons. The molecule has 0 aliphatic rings. The average Bonchev–Trinajstić information content (AvgIpc) is 3.20. The number of ether oxygens (including phenoxy) is 2. The smallest absolute Gasteiger partial charge is 0.472 e. The Hall–Kier alpha value is -1.78. The van der Waals surface area contributed by atoms with E-state index in [1.807, 2.05) is 0 Å². The molecule has 3 unspecified atom stereocenters. The molecule has 58 heavy (non-hydrogen) atoms. The summed E-state index contributed by atoms with van der Waals surface area (Å²) < 4.78 is 32.7. The minimum atomic E-state index is -4.71. The Labute approximate surface area is 354 Å². The number of esters is 2. The van der Waals surface area contributed by atoms with Crippen LogP contribution in [0.2, 0.25) is 0 Å². The zero-order valence-electron chi connectivity index (χ0n) is 37.2. The lowest BCUT2D eigenvalue weighted by molar-refractivity contribution is -0.161. The van der Waals surface area contributed by atoms with Gasteiger partial charge in [0.25, 0.3) is 0 Å². The lowest BCUT2D eigenvalue weighted by Gasteiger charge is -2.20. The minimum absolute atomic E-state index is 0.165. The highest BCUT2D eigenvalue weighted by Gasteiger charge is 2.28. The third-order valence-corrected chi connectivity index (χ3v) is 11.5. The molecule has 0 aliphatic heterocycles. The third-order valence-electron chi connectivity index (χ3n) is 10.5. The van der Waals surface area contributed by atoms with Crippen molar-refractivity contribution in [3.05, 3.63) is 12.2 Å². The molecule has 11 nitrogen and oxygen atoms in total. The van der Waals surface area contributed by atoms with Crippen LogP contribution in [0.3, 0.4) is 0 Å². The van der Waals surface area contributed by atoms with Gasteiger partial charge in [-0.05, 0) is 38.5 Å². The number of unbranched alkanes of at least 4 members (excludes halogenated alkanes) is 29. The molecule has 0 aromatic rings. The van der Waals surface area contributed by atoms with Crippen LogP contribution in [-0.4, -0.2) is 59.9 Å². The van der Waals surface area contributed by atoms with Crippen molar-refractivity contribution in [1.29, 1.82) is 0 Å². The van der Waals surface area contributed by atoms with Gasteiger partial charge in [0.05, 0.1) is 13.2 Å². The Morgan fingerprint density at radius 1 is 0.517 bits per heavy atom. The first-order chi connectivity index (χ1) is 28.1. The lowest BCUT2D eigenvalue weighted by Crippen LogP contribution is -2.34. The standard InChI is InChI=1S/C46H88NO10P/c1-3-5-7-9-11-13-15-16-17-18-19-20-21-22-23-24-25-26-28-30-32-34-36-38-45(49)57-42(40-55-58(52,53)56-41-43(47)46(50)51)39-54-44(48)37-35-33-31-29-27-14-12-10-8-6-4-2/h18-19,42-43H,3-17,20-41,47H2,1-2H3,(H,50,51)(H,52,53)/b19-18-. The van der Waals surface area contributed by atoms with E-state index >= 15 is 0 Å². The van der Waals surface area contributed by atoms with Crippen molar-refractivity contribution in [2.24, 2.45) is 5.73 Å². The van der Waals surface area contributed by atoms with E-state index < -0.39 is 51.1 Å². The van der Waals surface area contributed by atoms with Crippen LogP contribution in [0.15, 0.2) is 12.2 Å². The van der Waals surface area contributed by atoms with Crippen LogP contribution in [0.1, 0.15) is 232 Å². The number of phosphoric ester groups is 1. The number of rotatable bonds is 45. The molecule has 0 rings (SSSR count). The maximum atomic E-state index is 12.6. The molecule has 0 saturated carbocycles. The van der Waals surface area contributed by atoms with E-state index in [1.54, 1.807) is 0 Å². The molecule has 4 N–H and O–H groups in total. The molecule has 3 atom stereocenters. The van der Waals surface area contributed by atoms with E-state index in [0.29, 0.717) is 12.8 Å². The Morgan fingerprint density at radius 3 is 1.26 bits per heavy atom. The van der Waals surface area contributed by atoms with Crippen LogP contribution < -0.4 is 5.73 Å². The van der Waals surface area contributed by atoms with E-state index in [1.165, 1.54) is 154 Å². The summed E-state index contributed by atoms with van der Waals surface area (Å²) >= 11 is 0. The topological polar surface area (TPSA) is 172 Å². The van der Waals surface area contributed by atoms with Crippen LogP contribution in [0, 0.1) is 0 Å². The summed E-state index contributed by atoms with van der Waals surface area (Å²) in [5, 5.41) is 8.89. The second-order valence-electron chi connectivity index (χ2n) is 16.2. The van der Waals surface area contributed by atoms with Crippen molar-refractivity contribution in [3.63, 3.8) is 0 Å². The van der Waals surface area contributed by atoms with Crippen molar-refractivity contribution >= 4 is 25.7 Å². The zero-order chi connectivity index (χ0) is 42.8. The molecule has 0 spiro atoms. The molecule has 0 aromatic carbocycles. The number of hydrogen-bond donors (Lipinski definition) is 3. The summed E-state index contributed by atoms with van der Waals surface area (Å²) in [4.78, 5) is 46.0. The molecule has 12 heteroatoms. The van der Waals surface area contributed by atoms with E-state index in [2.05, 4.69) is 30.5 Å². The van der Waals surface area contributed by atoms with Crippen LogP contribution in [-0.2, 0) is 37.5 Å². The molecule has 0 bridgehead atoms. The van der Waals surface area contributed by atoms with Crippen LogP contribution in [0.5, 0.6) is 0 Å². The molecule has 342 valence electrons. The summed E-state index contributed by atoms with van der Waals surface area (Å²) in [6, 6.07) is -1.52. The van der Waals surface area contributed by atoms with Gasteiger partial charge in [0.1, 0.15) is 12.6 Å². The number of carboxylic acid groups (broad SMARTS) is 1. The van der Waals surface area contributed by atoms with Crippen molar-refractivity contribution in [2.45, 2.75) is 244 Å². The first kappa shape index (κ1) is 56.2. The van der Waals surface area contributed by atoms with Gasteiger partial charge in [-0.15, -0.1) is 0 Å². The van der Waals surface area contributed by atoms with E-state index in [9.17, 15) is 23.8 Å². The van der Waals surface area contributed by atoms with Crippen LogP contribution in [0.25, 0.3) is 0 Å². The van der Waals surface area contributed by atoms with Crippen molar-refractivity contribution in [3.8, 4) is 0 Å². The predicted octanol–water partition coefficient (Wildman–Crippen LogP) is 12.8. The third kappa shape index (κ3) is 41.0. The fourth-order valence-corrected chi connectivity index (χ4v) is 7.55. The minimum Gasteiger partial charge on any atom is -0.480 e. The number of carbonyl (C=O) groups excluding carboxylic acids is 2. The second-order valence-corrected chi connectivity index (χ2v) is 17.7. The number of carbonyl (C=O) groups is 3. The van der Waals surface area contributed by atoms with Gasteiger partial charge in [0.2, 0.25) is 0 Å². The van der Waals surface area contributed by atoms with Gasteiger partial charge < -0.3 is 25.2 Å². The SMILES string of the molecule is CCCCCCCCCC/C=C\CCCCCCCCCCCCCC(=O)OC(COC(=O)CCCCCCCCCCCCC)COP(=O)(O)OCC(N)C(=O)O. The van der Waals surface area contributed by atoms with Gasteiger partial charge in [-0.1, -0.05) is 193 Å². The Morgan fingerprint density at radius 2 is 0.862 bits per heavy atom. The summed E-state index contributed by atoms with van der Waals surface area (Å²) in [6.07, 6.45) is 42.8. The Bertz CT molecular complexity index is 1040. The highest BCUT2D eigenvalue weighted by Crippen LogP contribution is 2.43. The number of carboxylic acids is 1. The Kier molecular flexibility index (Phi) is 40.6. The average molecular weight is 846 g/mol. The predicted molar refractivity (Wildman–Crippen MR) is 236 cm³/mol. The molecule has 0 amide bonds. The zero-order valence-corrected chi connectivity index (χ0v) is 38.1. The summed E-state index contributed by atoms with van der Waals surface area (Å²) in [7, 11) is -4.71. The highest BCUT2D eigenvalue weighted by molar-refractivity contribution is 7.47. The molecule has 0 aromatic heterocycles. The largest absolute Gasteiger partial charge is 0.480 e. The van der Waals surface area contributed by atoms with Gasteiger partial charge in [-0.2, -0.15) is 0 Å². The monoisotopic (exact) mass is 846 g/mol. The Balaban J connectivity index is 4.19. The summed E-state index contributed by atoms with van der Waals surface area (Å²) in [5.74, 6) is -2.36. The first-order valence-electron chi connectivity index (χ1n) is 23.7. The van der Waals surface area contributed by atoms with Gasteiger partial charge >= 0.3 is 25.7 Å². The molecular formula is C46H88NO10P. The summed E-state index contributed by atoms with van der Waals surface area (Å²) in [6.45, 7) is 2.82. The van der Waals surface area contributed by atoms with Crippen molar-refractivity contribution < 1.29 is 47.5 Å². The maximum Gasteiger partial charge on any atom is 0.472 e. The van der Waals surface area contributed by atoms with Gasteiger partial charge in [-0.3, -0.25) is 23.4 Å². The molecular weight excluding hydrogens is 757 g/mol. The number of hydrogen-bond acceptors (Lipinski definition) is 9.